The van der Waals surface area contributed by atoms with Gasteiger partial charge in [0.2, 0.25) is 0 Å². The van der Waals surface area contributed by atoms with Gasteiger partial charge in [-0.3, -0.25) is 0 Å². The molecular weight excluding hydrogens is 234 g/mol. The van der Waals surface area contributed by atoms with Crippen LogP contribution in [-0.4, -0.2) is 18.1 Å². The lowest BCUT2D eigenvalue weighted by Gasteiger charge is -2.27. The Hall–Kier alpha value is -2.03. The summed E-state index contributed by atoms with van der Waals surface area (Å²) in [5, 5.41) is 0. The minimum atomic E-state index is 0.789. The topological polar surface area (TPSA) is 42.1 Å². The molecule has 98 valence electrons. The zero-order chi connectivity index (χ0) is 13.1. The van der Waals surface area contributed by atoms with Crippen molar-refractivity contribution in [3.05, 3.63) is 42.6 Å². The average Bonchev–Trinajstić information content (AvgIpc) is 2.48. The van der Waals surface area contributed by atoms with Crippen LogP contribution in [0, 0.1) is 0 Å². The lowest BCUT2D eigenvalue weighted by molar-refractivity contribution is 0.573. The summed E-state index contributed by atoms with van der Waals surface area (Å²) in [6, 6.07) is 12.2. The molecule has 0 unspecified atom stereocenters. The van der Waals surface area contributed by atoms with Gasteiger partial charge in [-0.25, -0.2) is 4.98 Å². The van der Waals surface area contributed by atoms with E-state index in [1.165, 1.54) is 19.3 Å². The summed E-state index contributed by atoms with van der Waals surface area (Å²) in [6.45, 7) is 2.26. The molecule has 1 fully saturated rings. The zero-order valence-corrected chi connectivity index (χ0v) is 11.0. The number of benzene rings is 1. The van der Waals surface area contributed by atoms with Gasteiger partial charge in [0.15, 0.2) is 0 Å². The van der Waals surface area contributed by atoms with Gasteiger partial charge in [-0.15, -0.1) is 0 Å². The van der Waals surface area contributed by atoms with Crippen LogP contribution >= 0.6 is 0 Å². The fourth-order valence-corrected chi connectivity index (χ4v) is 2.59. The van der Waals surface area contributed by atoms with Crippen LogP contribution in [0.15, 0.2) is 42.6 Å². The molecule has 1 aliphatic rings. The molecule has 19 heavy (non-hydrogen) atoms. The molecule has 0 radical (unpaired) electrons. The lowest BCUT2D eigenvalue weighted by atomic mass is 10.1. The van der Waals surface area contributed by atoms with E-state index in [-0.39, 0.29) is 0 Å². The summed E-state index contributed by atoms with van der Waals surface area (Å²) in [4.78, 5) is 6.96. The highest BCUT2D eigenvalue weighted by Crippen LogP contribution is 2.23. The highest BCUT2D eigenvalue weighted by molar-refractivity contribution is 5.67. The maximum atomic E-state index is 5.81. The summed E-state index contributed by atoms with van der Waals surface area (Å²) in [7, 11) is 0. The molecule has 0 spiro atoms. The Labute approximate surface area is 114 Å². The zero-order valence-electron chi connectivity index (χ0n) is 11.0. The van der Waals surface area contributed by atoms with Crippen molar-refractivity contribution < 1.29 is 0 Å². The van der Waals surface area contributed by atoms with E-state index in [1.54, 1.807) is 0 Å². The number of aromatic nitrogens is 1. The molecule has 0 amide bonds. The molecular formula is C16H19N3. The first-order valence-corrected chi connectivity index (χ1v) is 6.90. The first-order valence-electron chi connectivity index (χ1n) is 6.90. The number of hydrogen-bond acceptors (Lipinski definition) is 3. The minimum absolute atomic E-state index is 0.789. The van der Waals surface area contributed by atoms with E-state index >= 15 is 0 Å². The van der Waals surface area contributed by atoms with Gasteiger partial charge >= 0.3 is 0 Å². The van der Waals surface area contributed by atoms with E-state index in [2.05, 4.69) is 28.1 Å². The number of rotatable bonds is 2. The van der Waals surface area contributed by atoms with Crippen molar-refractivity contribution in [1.82, 2.24) is 4.98 Å². The Balaban J connectivity index is 1.82. The fourth-order valence-electron chi connectivity index (χ4n) is 2.59. The summed E-state index contributed by atoms with van der Waals surface area (Å²) in [5.41, 5.74) is 8.85. The Morgan fingerprint density at radius 1 is 0.947 bits per heavy atom. The average molecular weight is 253 g/mol. The molecule has 1 aromatic heterocycles. The van der Waals surface area contributed by atoms with Crippen LogP contribution in [0.2, 0.25) is 0 Å². The Morgan fingerprint density at radius 3 is 2.47 bits per heavy atom. The molecule has 1 saturated heterocycles. The van der Waals surface area contributed by atoms with Gasteiger partial charge in [0.05, 0.1) is 0 Å². The quantitative estimate of drug-likeness (QED) is 0.835. The van der Waals surface area contributed by atoms with Crippen LogP contribution in [-0.2, 0) is 0 Å². The molecule has 0 aliphatic carbocycles. The molecule has 2 heterocycles. The van der Waals surface area contributed by atoms with Crippen LogP contribution in [0.3, 0.4) is 0 Å². The first kappa shape index (κ1) is 12.0. The van der Waals surface area contributed by atoms with Gasteiger partial charge in [0.25, 0.3) is 0 Å². The van der Waals surface area contributed by atoms with Crippen molar-refractivity contribution >= 4 is 11.5 Å². The second kappa shape index (κ2) is 5.31. The Morgan fingerprint density at radius 2 is 1.79 bits per heavy atom. The van der Waals surface area contributed by atoms with E-state index < -0.39 is 0 Å². The third kappa shape index (κ3) is 2.70. The molecule has 0 bridgehead atoms. The third-order valence-electron chi connectivity index (χ3n) is 3.65. The van der Waals surface area contributed by atoms with Crippen LogP contribution < -0.4 is 10.6 Å². The van der Waals surface area contributed by atoms with Gasteiger partial charge in [-0.05, 0) is 49.1 Å². The molecule has 2 aromatic rings. The minimum Gasteiger partial charge on any atom is -0.399 e. The summed E-state index contributed by atoms with van der Waals surface area (Å²) in [6.07, 6.45) is 5.84. The maximum Gasteiger partial charge on any atom is 0.128 e. The fraction of sp³-hybridized carbons (Fsp3) is 0.312. The van der Waals surface area contributed by atoms with Crippen molar-refractivity contribution in [2.75, 3.05) is 23.7 Å². The largest absolute Gasteiger partial charge is 0.399 e. The summed E-state index contributed by atoms with van der Waals surface area (Å²) in [5.74, 6) is 1.09. The van der Waals surface area contributed by atoms with Crippen LogP contribution in [0.1, 0.15) is 19.3 Å². The van der Waals surface area contributed by atoms with Gasteiger partial charge in [0.1, 0.15) is 5.82 Å². The van der Waals surface area contributed by atoms with Crippen LogP contribution in [0.25, 0.3) is 11.1 Å². The standard InChI is InChI=1S/C16H19N3/c17-15-6-4-5-13(11-15)14-7-8-16(18-12-14)19-9-2-1-3-10-19/h4-8,11-12H,1-3,9-10,17H2. The molecule has 3 heteroatoms. The van der Waals surface area contributed by atoms with Crippen molar-refractivity contribution in [3.8, 4) is 11.1 Å². The lowest BCUT2D eigenvalue weighted by Crippen LogP contribution is -2.29. The van der Waals surface area contributed by atoms with E-state index in [0.717, 1.165) is 35.7 Å². The molecule has 3 rings (SSSR count). The molecule has 2 N–H and O–H groups in total. The van der Waals surface area contributed by atoms with E-state index in [9.17, 15) is 0 Å². The number of nitrogens with zero attached hydrogens (tertiary/aromatic N) is 2. The maximum absolute atomic E-state index is 5.81. The van der Waals surface area contributed by atoms with Crippen molar-refractivity contribution in [1.29, 1.82) is 0 Å². The predicted molar refractivity (Wildman–Crippen MR) is 80.1 cm³/mol. The Bertz CT molecular complexity index is 542. The van der Waals surface area contributed by atoms with Gasteiger partial charge in [0, 0.05) is 30.5 Å². The van der Waals surface area contributed by atoms with Gasteiger partial charge in [-0.1, -0.05) is 12.1 Å². The van der Waals surface area contributed by atoms with Crippen LogP contribution in [0.4, 0.5) is 11.5 Å². The number of pyridine rings is 1. The summed E-state index contributed by atoms with van der Waals surface area (Å²) < 4.78 is 0. The predicted octanol–water partition coefficient (Wildman–Crippen LogP) is 3.32. The monoisotopic (exact) mass is 253 g/mol. The second-order valence-electron chi connectivity index (χ2n) is 5.08. The highest BCUT2D eigenvalue weighted by Gasteiger charge is 2.11. The molecule has 1 aromatic carbocycles. The first-order chi connectivity index (χ1) is 9.33. The van der Waals surface area contributed by atoms with E-state index in [1.807, 2.05) is 24.4 Å². The highest BCUT2D eigenvalue weighted by atomic mass is 15.2. The molecule has 3 nitrogen and oxygen atoms in total. The van der Waals surface area contributed by atoms with Crippen molar-refractivity contribution in [3.63, 3.8) is 0 Å². The number of anilines is 2. The molecule has 1 aliphatic heterocycles. The van der Waals surface area contributed by atoms with E-state index in [0.29, 0.717) is 0 Å². The number of hydrogen-bond donors (Lipinski definition) is 1. The van der Waals surface area contributed by atoms with Gasteiger partial charge in [-0.2, -0.15) is 0 Å². The molecule has 0 saturated carbocycles. The van der Waals surface area contributed by atoms with Crippen LogP contribution in [0.5, 0.6) is 0 Å². The smallest absolute Gasteiger partial charge is 0.128 e. The van der Waals surface area contributed by atoms with Crippen molar-refractivity contribution in [2.24, 2.45) is 0 Å². The third-order valence-corrected chi connectivity index (χ3v) is 3.65. The second-order valence-corrected chi connectivity index (χ2v) is 5.08. The summed E-state index contributed by atoms with van der Waals surface area (Å²) >= 11 is 0. The SMILES string of the molecule is Nc1cccc(-c2ccc(N3CCCCC3)nc2)c1. The number of nitrogen functional groups attached to an aromatic ring is 1. The number of nitrogens with two attached hydrogens (primary N) is 1. The normalized spacial score (nSPS) is 15.5. The van der Waals surface area contributed by atoms with Gasteiger partial charge < -0.3 is 10.6 Å². The Kier molecular flexibility index (Phi) is 3.36. The van der Waals surface area contributed by atoms with E-state index in [4.69, 9.17) is 5.73 Å². The number of piperidine rings is 1. The molecule has 0 atom stereocenters. The van der Waals surface area contributed by atoms with Crippen molar-refractivity contribution in [2.45, 2.75) is 19.3 Å².